The van der Waals surface area contributed by atoms with E-state index in [0.29, 0.717) is 48.8 Å². The minimum absolute atomic E-state index is 0.0941. The maximum absolute atomic E-state index is 13.9. The molecule has 1 heterocycles. The summed E-state index contributed by atoms with van der Waals surface area (Å²) in [5.41, 5.74) is 3.99. The number of nitriles is 1. The molecule has 3 aromatic carbocycles. The summed E-state index contributed by atoms with van der Waals surface area (Å²) in [7, 11) is 3.16. The zero-order valence-corrected chi connectivity index (χ0v) is 24.5. The summed E-state index contributed by atoms with van der Waals surface area (Å²) in [5, 5.41) is 13.2. The Labute approximate surface area is 246 Å². The lowest BCUT2D eigenvalue weighted by Crippen LogP contribution is -2.46. The van der Waals surface area contributed by atoms with Gasteiger partial charge in [0.25, 0.3) is 0 Å². The summed E-state index contributed by atoms with van der Waals surface area (Å²) in [5.74, 6) is 1.16. The molecular weight excluding hydrogens is 530 g/mol. The average Bonchev–Trinajstić information content (AvgIpc) is 3.41. The molecule has 0 radical (unpaired) electrons. The van der Waals surface area contributed by atoms with Crippen molar-refractivity contribution in [2.24, 2.45) is 5.92 Å². The van der Waals surface area contributed by atoms with Crippen molar-refractivity contribution in [3.05, 3.63) is 89.6 Å². The molecule has 3 amide bonds. The molecule has 4 aromatic rings. The highest BCUT2D eigenvalue weighted by Crippen LogP contribution is 2.28. The smallest absolute Gasteiger partial charge is 0.322 e. The number of H-pyrrole nitrogens is 1. The minimum Gasteiger partial charge on any atom is -0.493 e. The predicted octanol–water partition coefficient (Wildman–Crippen LogP) is 5.82. The number of anilines is 1. The van der Waals surface area contributed by atoms with Crippen LogP contribution in [0.15, 0.2) is 72.9 Å². The van der Waals surface area contributed by atoms with Gasteiger partial charge in [0.1, 0.15) is 6.54 Å². The number of methoxy groups -OCH3 is 2. The van der Waals surface area contributed by atoms with E-state index in [1.54, 1.807) is 43.4 Å². The fraction of sp³-hybridized carbons (Fsp3) is 0.303. The number of aromatic amines is 1. The Morgan fingerprint density at radius 1 is 0.976 bits per heavy atom. The summed E-state index contributed by atoms with van der Waals surface area (Å²) in [6.45, 7) is 5.09. The van der Waals surface area contributed by atoms with E-state index < -0.39 is 6.03 Å². The Morgan fingerprint density at radius 2 is 1.76 bits per heavy atom. The monoisotopic (exact) mass is 567 g/mol. The van der Waals surface area contributed by atoms with Crippen LogP contribution in [-0.2, 0) is 17.8 Å². The van der Waals surface area contributed by atoms with Gasteiger partial charge in [-0.3, -0.25) is 4.79 Å². The van der Waals surface area contributed by atoms with Crippen LogP contribution >= 0.6 is 0 Å². The lowest BCUT2D eigenvalue weighted by molar-refractivity contribution is -0.132. The number of amides is 3. The molecule has 2 N–H and O–H groups in total. The highest BCUT2D eigenvalue weighted by atomic mass is 16.5. The van der Waals surface area contributed by atoms with Crippen molar-refractivity contribution in [2.45, 2.75) is 26.8 Å². The molecule has 9 heteroatoms. The van der Waals surface area contributed by atoms with Crippen LogP contribution in [0.5, 0.6) is 11.5 Å². The number of ether oxygens (including phenoxy) is 2. The molecule has 0 saturated heterocycles. The van der Waals surface area contributed by atoms with Gasteiger partial charge in [0, 0.05) is 42.4 Å². The molecule has 0 fully saturated rings. The first kappa shape index (κ1) is 30.0. The van der Waals surface area contributed by atoms with Gasteiger partial charge in [-0.25, -0.2) is 4.79 Å². The third-order valence-corrected chi connectivity index (χ3v) is 6.94. The molecule has 218 valence electrons. The van der Waals surface area contributed by atoms with Crippen LogP contribution in [0.25, 0.3) is 10.9 Å². The Hall–Kier alpha value is -4.97. The highest BCUT2D eigenvalue weighted by Gasteiger charge is 2.23. The van der Waals surface area contributed by atoms with E-state index in [4.69, 9.17) is 9.47 Å². The van der Waals surface area contributed by atoms with E-state index >= 15 is 0 Å². The van der Waals surface area contributed by atoms with Crippen LogP contribution in [0.4, 0.5) is 10.5 Å². The summed E-state index contributed by atoms with van der Waals surface area (Å²) in [4.78, 5) is 33.8. The van der Waals surface area contributed by atoms with Gasteiger partial charge >= 0.3 is 6.03 Å². The lowest BCUT2D eigenvalue weighted by Gasteiger charge is -2.29. The molecule has 1 aromatic heterocycles. The highest BCUT2D eigenvalue weighted by molar-refractivity contribution is 5.92. The van der Waals surface area contributed by atoms with Crippen LogP contribution in [0.3, 0.4) is 0 Å². The molecule has 0 aliphatic carbocycles. The first-order valence-electron chi connectivity index (χ1n) is 13.9. The van der Waals surface area contributed by atoms with Crippen LogP contribution in [0.2, 0.25) is 0 Å². The van der Waals surface area contributed by atoms with Crippen molar-refractivity contribution in [3.63, 3.8) is 0 Å². The fourth-order valence-electron chi connectivity index (χ4n) is 4.88. The predicted molar refractivity (Wildman–Crippen MR) is 164 cm³/mol. The molecule has 4 rings (SSSR count). The average molecular weight is 568 g/mol. The van der Waals surface area contributed by atoms with Crippen molar-refractivity contribution < 1.29 is 19.1 Å². The fourth-order valence-corrected chi connectivity index (χ4v) is 4.88. The Morgan fingerprint density at radius 3 is 2.50 bits per heavy atom. The van der Waals surface area contributed by atoms with Crippen LogP contribution in [0.1, 0.15) is 30.5 Å². The van der Waals surface area contributed by atoms with Crippen molar-refractivity contribution in [3.8, 4) is 17.6 Å². The summed E-state index contributed by atoms with van der Waals surface area (Å²) >= 11 is 0. The Bertz CT molecular complexity index is 1570. The maximum atomic E-state index is 13.9. The van der Waals surface area contributed by atoms with Crippen LogP contribution in [-0.4, -0.2) is 60.6 Å². The first-order chi connectivity index (χ1) is 20.3. The largest absolute Gasteiger partial charge is 0.493 e. The van der Waals surface area contributed by atoms with Gasteiger partial charge in [0.15, 0.2) is 11.5 Å². The number of carbonyl (C=O) groups is 2. The summed E-state index contributed by atoms with van der Waals surface area (Å²) < 4.78 is 10.9. The van der Waals surface area contributed by atoms with Gasteiger partial charge < -0.3 is 29.6 Å². The molecule has 0 aliphatic heterocycles. The number of aromatic nitrogens is 1. The van der Waals surface area contributed by atoms with Gasteiger partial charge in [-0.1, -0.05) is 44.2 Å². The third-order valence-electron chi connectivity index (χ3n) is 6.94. The lowest BCUT2D eigenvalue weighted by atomic mass is 10.1. The zero-order valence-electron chi connectivity index (χ0n) is 24.5. The van der Waals surface area contributed by atoms with Crippen molar-refractivity contribution >= 4 is 28.5 Å². The molecule has 9 nitrogen and oxygen atoms in total. The molecule has 0 aliphatic rings. The number of urea groups is 1. The van der Waals surface area contributed by atoms with Gasteiger partial charge in [-0.15, -0.1) is 0 Å². The number of nitrogens with zero attached hydrogens (tertiary/aromatic N) is 3. The molecular formula is C33H37N5O4. The molecule has 0 atom stereocenters. The normalized spacial score (nSPS) is 10.8. The van der Waals surface area contributed by atoms with Crippen molar-refractivity contribution in [2.75, 3.05) is 39.2 Å². The van der Waals surface area contributed by atoms with Crippen molar-refractivity contribution in [1.82, 2.24) is 14.8 Å². The number of fused-ring (bicyclic) bond motifs is 1. The summed E-state index contributed by atoms with van der Waals surface area (Å²) in [6, 6.07) is 22.1. The molecule has 0 unspecified atom stereocenters. The van der Waals surface area contributed by atoms with Gasteiger partial charge in [0.2, 0.25) is 5.91 Å². The van der Waals surface area contributed by atoms with E-state index in [1.807, 2.05) is 56.4 Å². The molecule has 42 heavy (non-hydrogen) atoms. The topological polar surface area (TPSA) is 111 Å². The van der Waals surface area contributed by atoms with E-state index in [-0.39, 0.29) is 18.4 Å². The Kier molecular flexibility index (Phi) is 10.1. The van der Waals surface area contributed by atoms with Gasteiger partial charge in [-0.2, -0.15) is 5.26 Å². The number of benzene rings is 3. The maximum Gasteiger partial charge on any atom is 0.322 e. The minimum atomic E-state index is -0.394. The van der Waals surface area contributed by atoms with Gasteiger partial charge in [-0.05, 0) is 59.9 Å². The third kappa shape index (κ3) is 7.61. The second kappa shape index (κ2) is 14.1. The molecule has 0 spiro atoms. The second-order valence-electron chi connectivity index (χ2n) is 10.5. The number of nitrogens with one attached hydrogen (secondary N) is 2. The number of rotatable bonds is 12. The number of para-hydroxylation sites is 1. The quantitative estimate of drug-likeness (QED) is 0.224. The molecule has 0 bridgehead atoms. The van der Waals surface area contributed by atoms with Gasteiger partial charge in [0.05, 0.1) is 25.9 Å². The van der Waals surface area contributed by atoms with Crippen LogP contribution in [0, 0.1) is 17.2 Å². The number of hydrogen-bond donors (Lipinski definition) is 2. The standard InChI is InChI=1S/C33H37N5O4/c1-23(2)20-38(33(40)36-27-9-7-8-24(16-27)18-34)22-32(39)37(21-25-12-13-30(41-3)31(17-25)42-4)15-14-26-19-35-29-11-6-5-10-28(26)29/h5-13,16-17,19,23,35H,14-15,20-22H2,1-4H3,(H,36,40). The molecule has 0 saturated carbocycles. The van der Waals surface area contributed by atoms with Crippen molar-refractivity contribution in [1.29, 1.82) is 5.26 Å². The summed E-state index contributed by atoms with van der Waals surface area (Å²) in [6.07, 6.45) is 2.62. The van der Waals surface area contributed by atoms with E-state index in [1.165, 1.54) is 4.90 Å². The SMILES string of the molecule is COc1ccc(CN(CCc2c[nH]c3ccccc23)C(=O)CN(CC(C)C)C(=O)Nc2cccc(C#N)c2)cc1OC. The second-order valence-corrected chi connectivity index (χ2v) is 10.5. The zero-order chi connectivity index (χ0) is 30.1. The first-order valence-corrected chi connectivity index (χ1v) is 13.9. The number of carbonyl (C=O) groups excluding carboxylic acids is 2. The van der Waals surface area contributed by atoms with E-state index in [0.717, 1.165) is 22.0 Å². The Balaban J connectivity index is 1.56. The van der Waals surface area contributed by atoms with E-state index in [9.17, 15) is 14.9 Å². The number of hydrogen-bond acceptors (Lipinski definition) is 5. The van der Waals surface area contributed by atoms with Crippen LogP contribution < -0.4 is 14.8 Å². The van der Waals surface area contributed by atoms with E-state index in [2.05, 4.69) is 22.4 Å².